The monoisotopic (exact) mass is 426 g/mol. The number of carbonyl (C=O) groups excluding carboxylic acids is 2. The fourth-order valence-corrected chi connectivity index (χ4v) is 3.48. The lowest BCUT2D eigenvalue weighted by Gasteiger charge is -2.23. The molecular formula is C22H26N4O3S. The molecule has 7 nitrogen and oxygen atoms in total. The summed E-state index contributed by atoms with van der Waals surface area (Å²) in [5.74, 6) is 0.0975. The summed E-state index contributed by atoms with van der Waals surface area (Å²) in [5.41, 5.74) is 6.61. The van der Waals surface area contributed by atoms with Crippen molar-refractivity contribution in [2.45, 2.75) is 31.7 Å². The van der Waals surface area contributed by atoms with Crippen LogP contribution in [0.5, 0.6) is 0 Å². The fraction of sp³-hybridized carbons (Fsp3) is 0.318. The first-order chi connectivity index (χ1) is 14.6. The number of amides is 2. The van der Waals surface area contributed by atoms with E-state index in [1.165, 1.54) is 11.6 Å². The Labute approximate surface area is 181 Å². The smallest absolute Gasteiger partial charge is 0.261 e. The van der Waals surface area contributed by atoms with Crippen molar-refractivity contribution >= 4 is 35.2 Å². The first kappa shape index (κ1) is 21.6. The van der Waals surface area contributed by atoms with Crippen molar-refractivity contribution in [3.63, 3.8) is 0 Å². The van der Waals surface area contributed by atoms with Crippen molar-refractivity contribution in [1.82, 2.24) is 21.1 Å². The molecule has 0 saturated carbocycles. The minimum absolute atomic E-state index is 0.217. The number of nitrogens with zero attached hydrogens (tertiary/aromatic N) is 1. The Bertz CT molecular complexity index is 868. The van der Waals surface area contributed by atoms with Gasteiger partial charge >= 0.3 is 0 Å². The molecule has 0 aliphatic carbocycles. The van der Waals surface area contributed by atoms with E-state index < -0.39 is 6.04 Å². The van der Waals surface area contributed by atoms with E-state index in [4.69, 9.17) is 16.6 Å². The molecule has 0 bridgehead atoms. The summed E-state index contributed by atoms with van der Waals surface area (Å²) in [6.45, 7) is 1.24. The maximum atomic E-state index is 12.5. The number of hydrazine groups is 1. The third-order valence-electron chi connectivity index (χ3n) is 4.84. The summed E-state index contributed by atoms with van der Waals surface area (Å²) in [7, 11) is 0. The van der Waals surface area contributed by atoms with Crippen LogP contribution in [-0.2, 0) is 16.0 Å². The zero-order valence-corrected chi connectivity index (χ0v) is 17.5. The van der Waals surface area contributed by atoms with Crippen molar-refractivity contribution in [3.05, 3.63) is 66.1 Å². The summed E-state index contributed by atoms with van der Waals surface area (Å²) in [6, 6.07) is 13.2. The number of rotatable bonds is 7. The average Bonchev–Trinajstić information content (AvgIpc) is 3.46. The third-order valence-corrected chi connectivity index (χ3v) is 5.09. The van der Waals surface area contributed by atoms with Crippen LogP contribution in [-0.4, -0.2) is 41.0 Å². The van der Waals surface area contributed by atoms with Crippen molar-refractivity contribution in [1.29, 1.82) is 0 Å². The molecule has 8 heteroatoms. The highest BCUT2D eigenvalue weighted by Gasteiger charge is 2.33. The summed E-state index contributed by atoms with van der Waals surface area (Å²) in [4.78, 5) is 26.5. The minimum atomic E-state index is -0.521. The molecule has 3 N–H and O–H groups in total. The number of aryl methyl sites for hydroxylation is 1. The summed E-state index contributed by atoms with van der Waals surface area (Å²) < 4.78 is 5.18. The Kier molecular flexibility index (Phi) is 8.02. The topological polar surface area (TPSA) is 86.6 Å². The maximum absolute atomic E-state index is 12.5. The number of carbonyl (C=O) groups is 2. The van der Waals surface area contributed by atoms with Gasteiger partial charge in [0.2, 0.25) is 5.91 Å². The molecule has 3 rings (SSSR count). The van der Waals surface area contributed by atoms with Gasteiger partial charge < -0.3 is 14.6 Å². The van der Waals surface area contributed by atoms with Gasteiger partial charge in [0.1, 0.15) is 11.8 Å². The molecule has 1 aromatic carbocycles. The van der Waals surface area contributed by atoms with Gasteiger partial charge in [-0.25, -0.2) is 0 Å². The first-order valence-corrected chi connectivity index (χ1v) is 10.4. The van der Waals surface area contributed by atoms with Crippen molar-refractivity contribution in [2.24, 2.45) is 0 Å². The normalized spacial score (nSPS) is 15.9. The van der Waals surface area contributed by atoms with Gasteiger partial charge in [0, 0.05) is 19.2 Å². The van der Waals surface area contributed by atoms with E-state index in [0.717, 1.165) is 19.3 Å². The van der Waals surface area contributed by atoms with E-state index in [1.807, 2.05) is 18.2 Å². The van der Waals surface area contributed by atoms with E-state index >= 15 is 0 Å². The molecule has 1 aliphatic rings. The molecular weight excluding hydrogens is 400 g/mol. The SMILES string of the molecule is O=C(NNC(=S)NCCCc1ccccc1)C1CCCN1C(=O)C=Cc1ccco1. The number of furan rings is 1. The lowest BCUT2D eigenvalue weighted by molar-refractivity contribution is -0.135. The van der Waals surface area contributed by atoms with E-state index in [0.29, 0.717) is 30.4 Å². The molecule has 0 radical (unpaired) electrons. The van der Waals surface area contributed by atoms with E-state index in [-0.39, 0.29) is 11.8 Å². The van der Waals surface area contributed by atoms with E-state index in [2.05, 4.69) is 28.3 Å². The van der Waals surface area contributed by atoms with Gasteiger partial charge in [0.15, 0.2) is 5.11 Å². The van der Waals surface area contributed by atoms with E-state index in [1.54, 1.807) is 29.4 Å². The number of hydrogen-bond acceptors (Lipinski definition) is 4. The van der Waals surface area contributed by atoms with Crippen LogP contribution in [0.1, 0.15) is 30.6 Å². The zero-order valence-electron chi connectivity index (χ0n) is 16.7. The number of thiocarbonyl (C=S) groups is 1. The Morgan fingerprint density at radius 1 is 1.17 bits per heavy atom. The molecule has 30 heavy (non-hydrogen) atoms. The predicted octanol–water partition coefficient (Wildman–Crippen LogP) is 2.41. The Morgan fingerprint density at radius 3 is 2.77 bits per heavy atom. The highest BCUT2D eigenvalue weighted by Crippen LogP contribution is 2.18. The van der Waals surface area contributed by atoms with Gasteiger partial charge in [-0.15, -0.1) is 0 Å². The van der Waals surface area contributed by atoms with Crippen LogP contribution in [0.15, 0.2) is 59.2 Å². The predicted molar refractivity (Wildman–Crippen MR) is 119 cm³/mol. The Morgan fingerprint density at radius 2 is 2.00 bits per heavy atom. The third kappa shape index (κ3) is 6.45. The average molecular weight is 427 g/mol. The van der Waals surface area contributed by atoms with Crippen molar-refractivity contribution in [3.8, 4) is 0 Å². The van der Waals surface area contributed by atoms with Crippen LogP contribution >= 0.6 is 12.2 Å². The van der Waals surface area contributed by atoms with Crippen molar-refractivity contribution < 1.29 is 14.0 Å². The molecule has 2 heterocycles. The zero-order chi connectivity index (χ0) is 21.2. The molecule has 1 atom stereocenters. The second-order valence-corrected chi connectivity index (χ2v) is 7.41. The lowest BCUT2D eigenvalue weighted by Crippen LogP contribution is -2.53. The highest BCUT2D eigenvalue weighted by atomic mass is 32.1. The second-order valence-electron chi connectivity index (χ2n) is 7.00. The first-order valence-electron chi connectivity index (χ1n) is 10.0. The molecule has 1 fully saturated rings. The number of benzene rings is 1. The van der Waals surface area contributed by atoms with Gasteiger partial charge in [0.25, 0.3) is 5.91 Å². The van der Waals surface area contributed by atoms with Crippen LogP contribution < -0.4 is 16.2 Å². The van der Waals surface area contributed by atoms with E-state index in [9.17, 15) is 9.59 Å². The summed E-state index contributed by atoms with van der Waals surface area (Å²) >= 11 is 5.21. The molecule has 1 aromatic heterocycles. The number of nitrogens with one attached hydrogen (secondary N) is 3. The Balaban J connectivity index is 1.37. The molecule has 1 unspecified atom stereocenters. The molecule has 2 aromatic rings. The largest absolute Gasteiger partial charge is 0.465 e. The Hall–Kier alpha value is -3.13. The second kappa shape index (κ2) is 11.2. The minimum Gasteiger partial charge on any atom is -0.465 e. The molecule has 0 spiro atoms. The van der Waals surface area contributed by atoms with Crippen LogP contribution in [0, 0.1) is 0 Å². The van der Waals surface area contributed by atoms with Crippen LogP contribution in [0.25, 0.3) is 6.08 Å². The van der Waals surface area contributed by atoms with Crippen molar-refractivity contribution in [2.75, 3.05) is 13.1 Å². The standard InChI is InChI=1S/C22H26N4O3S/c27-20(13-12-18-10-6-16-29-18)26-15-5-11-19(26)21(28)24-25-22(30)23-14-4-9-17-7-2-1-3-8-17/h1-3,6-8,10,12-13,16,19H,4-5,9,11,14-15H2,(H,24,28)(H2,23,25,30). The van der Waals surface area contributed by atoms with Gasteiger partial charge in [-0.3, -0.25) is 20.4 Å². The van der Waals surface area contributed by atoms with Crippen LogP contribution in [0.2, 0.25) is 0 Å². The van der Waals surface area contributed by atoms with Gasteiger partial charge in [-0.2, -0.15) is 0 Å². The van der Waals surface area contributed by atoms with Gasteiger partial charge in [0.05, 0.1) is 6.26 Å². The number of likely N-dealkylation sites (tertiary alicyclic amines) is 1. The number of hydrogen-bond donors (Lipinski definition) is 3. The fourth-order valence-electron chi connectivity index (χ4n) is 3.32. The molecule has 158 valence electrons. The maximum Gasteiger partial charge on any atom is 0.261 e. The summed E-state index contributed by atoms with van der Waals surface area (Å²) in [6.07, 6.45) is 7.84. The summed E-state index contributed by atoms with van der Waals surface area (Å²) in [5, 5.41) is 3.42. The quantitative estimate of drug-likeness (QED) is 0.273. The molecule has 1 saturated heterocycles. The lowest BCUT2D eigenvalue weighted by atomic mass is 10.1. The molecule has 1 aliphatic heterocycles. The highest BCUT2D eigenvalue weighted by molar-refractivity contribution is 7.80. The van der Waals surface area contributed by atoms with Gasteiger partial charge in [-0.1, -0.05) is 30.3 Å². The molecule has 2 amide bonds. The van der Waals surface area contributed by atoms with Crippen LogP contribution in [0.3, 0.4) is 0 Å². The van der Waals surface area contributed by atoms with Crippen LogP contribution in [0.4, 0.5) is 0 Å². The van der Waals surface area contributed by atoms with Gasteiger partial charge in [-0.05, 0) is 61.7 Å².